The number of carbonyl (C=O) groups is 2. The summed E-state index contributed by atoms with van der Waals surface area (Å²) in [6, 6.07) is 11.3. The van der Waals surface area contributed by atoms with Crippen LogP contribution in [0.1, 0.15) is 23.6 Å². The minimum atomic E-state index is -0.547. The lowest BCUT2D eigenvalue weighted by Gasteiger charge is -2.19. The number of anilines is 1. The van der Waals surface area contributed by atoms with E-state index in [9.17, 15) is 9.59 Å². The highest BCUT2D eigenvalue weighted by Crippen LogP contribution is 2.38. The summed E-state index contributed by atoms with van der Waals surface area (Å²) in [5.41, 5.74) is 4.61. The number of nitrogens with zero attached hydrogens (tertiary/aromatic N) is 1. The standard InChI is InChI=1S/C23H21NO5/c1-13-7-14(2)9-17(8-13)24-15(3)21(23(26)27-4)18(22(24)25)10-16-5-6-19-20(11-16)29-12-28-19/h5-11H,12H2,1-4H3. The Labute approximate surface area is 169 Å². The minimum absolute atomic E-state index is 0.168. The largest absolute Gasteiger partial charge is 0.465 e. The van der Waals surface area contributed by atoms with E-state index in [0.717, 1.165) is 22.4 Å². The summed E-state index contributed by atoms with van der Waals surface area (Å²) >= 11 is 0. The first-order valence-electron chi connectivity index (χ1n) is 9.22. The van der Waals surface area contributed by atoms with E-state index in [1.165, 1.54) is 7.11 Å². The van der Waals surface area contributed by atoms with E-state index in [1.54, 1.807) is 30.0 Å². The molecule has 0 aliphatic carbocycles. The third kappa shape index (κ3) is 3.27. The van der Waals surface area contributed by atoms with Crippen molar-refractivity contribution in [2.24, 2.45) is 0 Å². The maximum atomic E-state index is 13.4. The van der Waals surface area contributed by atoms with Gasteiger partial charge in [-0.15, -0.1) is 0 Å². The van der Waals surface area contributed by atoms with E-state index in [0.29, 0.717) is 17.2 Å². The van der Waals surface area contributed by atoms with Crippen molar-refractivity contribution in [2.45, 2.75) is 20.8 Å². The van der Waals surface area contributed by atoms with Crippen LogP contribution < -0.4 is 14.4 Å². The molecule has 1 amide bonds. The van der Waals surface area contributed by atoms with Crippen LogP contribution in [-0.4, -0.2) is 25.8 Å². The molecular weight excluding hydrogens is 370 g/mol. The van der Waals surface area contributed by atoms with Gasteiger partial charge in [0.2, 0.25) is 6.79 Å². The van der Waals surface area contributed by atoms with Crippen LogP contribution in [0.25, 0.3) is 6.08 Å². The monoisotopic (exact) mass is 391 g/mol. The summed E-state index contributed by atoms with van der Waals surface area (Å²) in [7, 11) is 1.31. The van der Waals surface area contributed by atoms with Gasteiger partial charge in [-0.25, -0.2) is 4.79 Å². The lowest BCUT2D eigenvalue weighted by molar-refractivity contribution is -0.136. The van der Waals surface area contributed by atoms with Gasteiger partial charge in [0.25, 0.3) is 5.91 Å². The molecule has 2 heterocycles. The van der Waals surface area contributed by atoms with E-state index in [-0.39, 0.29) is 23.8 Å². The van der Waals surface area contributed by atoms with Gasteiger partial charge in [-0.05, 0) is 67.8 Å². The van der Waals surface area contributed by atoms with Gasteiger partial charge in [-0.3, -0.25) is 9.69 Å². The second kappa shape index (κ2) is 7.13. The predicted molar refractivity (Wildman–Crippen MR) is 109 cm³/mol. The van der Waals surface area contributed by atoms with Crippen LogP contribution >= 0.6 is 0 Å². The van der Waals surface area contributed by atoms with E-state index in [1.807, 2.05) is 38.1 Å². The Kier molecular flexibility index (Phi) is 4.62. The second-order valence-corrected chi connectivity index (χ2v) is 7.11. The van der Waals surface area contributed by atoms with Crippen molar-refractivity contribution in [2.75, 3.05) is 18.8 Å². The van der Waals surface area contributed by atoms with Crippen LogP contribution in [0.5, 0.6) is 11.5 Å². The lowest BCUT2D eigenvalue weighted by atomic mass is 10.0. The number of methoxy groups -OCH3 is 1. The molecule has 0 aromatic heterocycles. The zero-order chi connectivity index (χ0) is 20.7. The Morgan fingerprint density at radius 1 is 1.03 bits per heavy atom. The quantitative estimate of drug-likeness (QED) is 0.586. The number of hydrogen-bond acceptors (Lipinski definition) is 5. The van der Waals surface area contributed by atoms with Gasteiger partial charge in [-0.1, -0.05) is 12.1 Å². The molecule has 0 N–H and O–H groups in total. The molecule has 148 valence electrons. The number of hydrogen-bond donors (Lipinski definition) is 0. The summed E-state index contributed by atoms with van der Waals surface area (Å²) in [5, 5.41) is 0. The van der Waals surface area contributed by atoms with Crippen LogP contribution in [0, 0.1) is 13.8 Å². The van der Waals surface area contributed by atoms with Crippen molar-refractivity contribution in [1.29, 1.82) is 0 Å². The maximum Gasteiger partial charge on any atom is 0.340 e. The number of allylic oxidation sites excluding steroid dienone is 1. The molecule has 0 saturated carbocycles. The number of amides is 1. The molecule has 0 atom stereocenters. The Balaban J connectivity index is 1.83. The van der Waals surface area contributed by atoms with Gasteiger partial charge in [0, 0.05) is 11.4 Å². The zero-order valence-corrected chi connectivity index (χ0v) is 16.7. The molecule has 29 heavy (non-hydrogen) atoms. The van der Waals surface area contributed by atoms with Crippen LogP contribution in [0.2, 0.25) is 0 Å². The molecule has 2 aromatic carbocycles. The summed E-state index contributed by atoms with van der Waals surface area (Å²) in [6.07, 6.45) is 1.68. The molecule has 0 unspecified atom stereocenters. The van der Waals surface area contributed by atoms with Gasteiger partial charge < -0.3 is 14.2 Å². The average Bonchev–Trinajstić information content (AvgIpc) is 3.23. The van der Waals surface area contributed by atoms with Crippen molar-refractivity contribution in [3.63, 3.8) is 0 Å². The molecule has 0 spiro atoms. The van der Waals surface area contributed by atoms with Crippen molar-refractivity contribution < 1.29 is 23.8 Å². The number of ether oxygens (including phenoxy) is 3. The third-order valence-corrected chi connectivity index (χ3v) is 4.96. The van der Waals surface area contributed by atoms with E-state index in [4.69, 9.17) is 14.2 Å². The Morgan fingerprint density at radius 3 is 2.41 bits per heavy atom. The second-order valence-electron chi connectivity index (χ2n) is 7.11. The molecule has 0 saturated heterocycles. The highest BCUT2D eigenvalue weighted by molar-refractivity contribution is 6.23. The number of fused-ring (bicyclic) bond motifs is 1. The molecular formula is C23H21NO5. The van der Waals surface area contributed by atoms with Crippen LogP contribution in [-0.2, 0) is 14.3 Å². The first-order chi connectivity index (χ1) is 13.9. The van der Waals surface area contributed by atoms with Crippen LogP contribution in [0.15, 0.2) is 53.2 Å². The summed E-state index contributed by atoms with van der Waals surface area (Å²) in [4.78, 5) is 27.4. The minimum Gasteiger partial charge on any atom is -0.465 e. The Morgan fingerprint density at radius 2 is 1.72 bits per heavy atom. The maximum absolute atomic E-state index is 13.4. The summed E-state index contributed by atoms with van der Waals surface area (Å²) < 4.78 is 15.7. The van der Waals surface area contributed by atoms with Crippen molar-refractivity contribution in [3.8, 4) is 11.5 Å². The molecule has 2 aliphatic heterocycles. The highest BCUT2D eigenvalue weighted by Gasteiger charge is 2.38. The highest BCUT2D eigenvalue weighted by atomic mass is 16.7. The van der Waals surface area contributed by atoms with Gasteiger partial charge in [0.15, 0.2) is 11.5 Å². The van der Waals surface area contributed by atoms with E-state index in [2.05, 4.69) is 0 Å². The number of rotatable bonds is 3. The molecule has 0 radical (unpaired) electrons. The topological polar surface area (TPSA) is 65.1 Å². The van der Waals surface area contributed by atoms with Gasteiger partial charge in [-0.2, -0.15) is 0 Å². The molecule has 0 bridgehead atoms. The first kappa shape index (κ1) is 18.8. The molecule has 6 nitrogen and oxygen atoms in total. The molecule has 4 rings (SSSR count). The molecule has 0 fully saturated rings. The average molecular weight is 391 g/mol. The number of benzene rings is 2. The van der Waals surface area contributed by atoms with Gasteiger partial charge in [0.1, 0.15) is 0 Å². The van der Waals surface area contributed by atoms with Crippen molar-refractivity contribution in [1.82, 2.24) is 0 Å². The smallest absolute Gasteiger partial charge is 0.340 e. The van der Waals surface area contributed by atoms with Crippen molar-refractivity contribution in [3.05, 3.63) is 69.9 Å². The van der Waals surface area contributed by atoms with Crippen LogP contribution in [0.4, 0.5) is 5.69 Å². The Hall–Kier alpha value is -3.54. The Bertz CT molecular complexity index is 1080. The number of carbonyl (C=O) groups excluding carboxylic acids is 2. The first-order valence-corrected chi connectivity index (χ1v) is 9.22. The molecule has 6 heteroatoms. The van der Waals surface area contributed by atoms with Gasteiger partial charge in [0.05, 0.1) is 18.3 Å². The lowest BCUT2D eigenvalue weighted by Crippen LogP contribution is -2.24. The zero-order valence-electron chi connectivity index (χ0n) is 16.7. The number of aryl methyl sites for hydroxylation is 2. The van der Waals surface area contributed by atoms with E-state index >= 15 is 0 Å². The molecule has 2 aliphatic rings. The fourth-order valence-electron chi connectivity index (χ4n) is 3.74. The fourth-order valence-corrected chi connectivity index (χ4v) is 3.74. The fraction of sp³-hybridized carbons (Fsp3) is 0.217. The SMILES string of the molecule is COC(=O)C1=C(C)N(c2cc(C)cc(C)c2)C(=O)C1=Cc1ccc2c(c1)OCO2. The number of esters is 1. The van der Waals surface area contributed by atoms with Gasteiger partial charge >= 0.3 is 5.97 Å². The van der Waals surface area contributed by atoms with Crippen molar-refractivity contribution >= 4 is 23.6 Å². The summed E-state index contributed by atoms with van der Waals surface area (Å²) in [6.45, 7) is 5.87. The summed E-state index contributed by atoms with van der Waals surface area (Å²) in [5.74, 6) is 0.443. The normalized spacial score (nSPS) is 16.8. The third-order valence-electron chi connectivity index (χ3n) is 4.96. The van der Waals surface area contributed by atoms with Crippen LogP contribution in [0.3, 0.4) is 0 Å². The predicted octanol–water partition coefficient (Wildman–Crippen LogP) is 3.91. The van der Waals surface area contributed by atoms with E-state index < -0.39 is 5.97 Å². The molecule has 2 aromatic rings.